The van der Waals surface area contributed by atoms with Gasteiger partial charge in [0.05, 0.1) is 16.1 Å². The van der Waals surface area contributed by atoms with Crippen molar-refractivity contribution in [2.45, 2.75) is 13.8 Å². The summed E-state index contributed by atoms with van der Waals surface area (Å²) < 4.78 is 16.0. The second-order valence-electron chi connectivity index (χ2n) is 7.18. The van der Waals surface area contributed by atoms with Gasteiger partial charge in [0.1, 0.15) is 5.82 Å². The molecule has 0 spiro atoms. The van der Waals surface area contributed by atoms with Gasteiger partial charge >= 0.3 is 0 Å². The molecule has 1 amide bonds. The summed E-state index contributed by atoms with van der Waals surface area (Å²) in [5, 5.41) is 0. The van der Waals surface area contributed by atoms with E-state index < -0.39 is 11.7 Å². The normalized spacial score (nSPS) is 11.7. The van der Waals surface area contributed by atoms with Crippen LogP contribution in [0, 0.1) is 19.7 Å². The van der Waals surface area contributed by atoms with Gasteiger partial charge in [-0.2, -0.15) is 4.99 Å². The molecule has 0 radical (unpaired) electrons. The van der Waals surface area contributed by atoms with Crippen LogP contribution in [0.25, 0.3) is 21.7 Å². The SMILES string of the molecule is Cc1ccc(-c2c(-c3ccccc3)sc(=NC(=O)c3ccccc3F)n2C)cc1C. The molecule has 0 aliphatic rings. The molecule has 5 heteroatoms. The second kappa shape index (κ2) is 8.20. The first-order valence-corrected chi connectivity index (χ1v) is 10.4. The Kier molecular flexibility index (Phi) is 5.46. The summed E-state index contributed by atoms with van der Waals surface area (Å²) in [7, 11) is 1.89. The topological polar surface area (TPSA) is 34.4 Å². The molecule has 1 heterocycles. The standard InChI is InChI=1S/C25H21FN2OS/c1-16-13-14-19(15-17(16)2)22-23(18-9-5-4-6-10-18)30-25(28(22)3)27-24(29)20-11-7-8-12-21(20)26/h4-15H,1-3H3. The van der Waals surface area contributed by atoms with Crippen molar-refractivity contribution < 1.29 is 9.18 Å². The van der Waals surface area contributed by atoms with E-state index in [0.717, 1.165) is 21.7 Å². The Morgan fingerprint density at radius 2 is 1.60 bits per heavy atom. The third-order valence-corrected chi connectivity index (χ3v) is 6.33. The molecule has 4 rings (SSSR count). The van der Waals surface area contributed by atoms with Crippen LogP contribution in [0.1, 0.15) is 21.5 Å². The van der Waals surface area contributed by atoms with Gasteiger partial charge < -0.3 is 4.57 Å². The number of benzene rings is 3. The zero-order valence-corrected chi connectivity index (χ0v) is 17.8. The third kappa shape index (κ3) is 3.76. The van der Waals surface area contributed by atoms with Crippen LogP contribution in [0.5, 0.6) is 0 Å². The highest BCUT2D eigenvalue weighted by atomic mass is 32.1. The fourth-order valence-electron chi connectivity index (χ4n) is 3.33. The maximum Gasteiger partial charge on any atom is 0.282 e. The average molecular weight is 417 g/mol. The summed E-state index contributed by atoms with van der Waals surface area (Å²) in [6.45, 7) is 4.17. The number of nitrogens with zero attached hydrogens (tertiary/aromatic N) is 2. The molecule has 3 aromatic carbocycles. The molecular weight excluding hydrogens is 395 g/mol. The maximum atomic E-state index is 14.1. The molecule has 0 aliphatic carbocycles. The predicted molar refractivity (Wildman–Crippen MR) is 120 cm³/mol. The number of carbonyl (C=O) groups excluding carboxylic acids is 1. The Balaban J connectivity index is 1.94. The zero-order valence-electron chi connectivity index (χ0n) is 17.0. The molecule has 1 aromatic heterocycles. The van der Waals surface area contributed by atoms with Gasteiger partial charge in [-0.15, -0.1) is 0 Å². The van der Waals surface area contributed by atoms with Crippen molar-refractivity contribution in [1.82, 2.24) is 4.57 Å². The summed E-state index contributed by atoms with van der Waals surface area (Å²) in [5.74, 6) is -1.15. The first-order valence-electron chi connectivity index (χ1n) is 9.62. The summed E-state index contributed by atoms with van der Waals surface area (Å²) in [5.41, 5.74) is 5.46. The smallest absolute Gasteiger partial charge is 0.282 e. The van der Waals surface area contributed by atoms with Crippen molar-refractivity contribution in [2.24, 2.45) is 12.0 Å². The number of halogens is 1. The van der Waals surface area contributed by atoms with E-state index in [1.807, 2.05) is 41.9 Å². The highest BCUT2D eigenvalue weighted by Crippen LogP contribution is 2.35. The van der Waals surface area contributed by atoms with Crippen LogP contribution in [-0.4, -0.2) is 10.5 Å². The molecule has 0 saturated carbocycles. The second-order valence-corrected chi connectivity index (χ2v) is 8.16. The zero-order chi connectivity index (χ0) is 21.3. The van der Waals surface area contributed by atoms with Crippen molar-refractivity contribution in [2.75, 3.05) is 0 Å². The van der Waals surface area contributed by atoms with Crippen molar-refractivity contribution in [3.8, 4) is 21.7 Å². The molecule has 4 aromatic rings. The van der Waals surface area contributed by atoms with Crippen LogP contribution in [0.2, 0.25) is 0 Å². The lowest BCUT2D eigenvalue weighted by Crippen LogP contribution is -2.15. The molecule has 0 fully saturated rings. The highest BCUT2D eigenvalue weighted by molar-refractivity contribution is 7.13. The molecule has 0 saturated heterocycles. The van der Waals surface area contributed by atoms with Gasteiger partial charge in [0.25, 0.3) is 5.91 Å². The van der Waals surface area contributed by atoms with Crippen LogP contribution in [-0.2, 0) is 7.05 Å². The number of rotatable bonds is 3. The largest absolute Gasteiger partial charge is 0.319 e. The summed E-state index contributed by atoms with van der Waals surface area (Å²) in [6.07, 6.45) is 0. The first-order chi connectivity index (χ1) is 14.5. The number of carbonyl (C=O) groups is 1. The van der Waals surface area contributed by atoms with E-state index >= 15 is 0 Å². The van der Waals surface area contributed by atoms with Gasteiger partial charge in [-0.1, -0.05) is 65.9 Å². The quantitative estimate of drug-likeness (QED) is 0.408. The van der Waals surface area contributed by atoms with E-state index in [-0.39, 0.29) is 5.56 Å². The minimum atomic E-state index is -0.587. The number of amides is 1. The van der Waals surface area contributed by atoms with E-state index in [1.165, 1.54) is 34.6 Å². The van der Waals surface area contributed by atoms with E-state index in [1.54, 1.807) is 12.1 Å². The fraction of sp³-hybridized carbons (Fsp3) is 0.120. The summed E-state index contributed by atoms with van der Waals surface area (Å²) in [4.78, 5) is 18.5. The monoisotopic (exact) mass is 416 g/mol. The fourth-order valence-corrected chi connectivity index (χ4v) is 4.48. The predicted octanol–water partition coefficient (Wildman–Crippen LogP) is 5.92. The third-order valence-electron chi connectivity index (χ3n) is 5.15. The lowest BCUT2D eigenvalue weighted by Gasteiger charge is -2.09. The van der Waals surface area contributed by atoms with Gasteiger partial charge in [0.2, 0.25) is 0 Å². The molecule has 150 valence electrons. The van der Waals surface area contributed by atoms with Crippen LogP contribution in [0.3, 0.4) is 0 Å². The van der Waals surface area contributed by atoms with E-state index in [2.05, 4.69) is 37.0 Å². The number of aromatic nitrogens is 1. The molecule has 0 bridgehead atoms. The van der Waals surface area contributed by atoms with Crippen LogP contribution in [0.4, 0.5) is 4.39 Å². The highest BCUT2D eigenvalue weighted by Gasteiger charge is 2.17. The molecule has 3 nitrogen and oxygen atoms in total. The number of aryl methyl sites for hydroxylation is 2. The van der Waals surface area contributed by atoms with Crippen LogP contribution >= 0.6 is 11.3 Å². The molecule has 0 atom stereocenters. The minimum Gasteiger partial charge on any atom is -0.319 e. The molecule has 0 unspecified atom stereocenters. The first kappa shape index (κ1) is 20.0. The van der Waals surface area contributed by atoms with E-state index in [4.69, 9.17) is 0 Å². The van der Waals surface area contributed by atoms with E-state index in [0.29, 0.717) is 4.80 Å². The minimum absolute atomic E-state index is 0.0279. The Morgan fingerprint density at radius 1 is 0.900 bits per heavy atom. The summed E-state index contributed by atoms with van der Waals surface area (Å²) in [6, 6.07) is 22.3. The summed E-state index contributed by atoms with van der Waals surface area (Å²) >= 11 is 1.43. The maximum absolute atomic E-state index is 14.1. The molecule has 0 aliphatic heterocycles. The Hall–Kier alpha value is -3.31. The lowest BCUT2D eigenvalue weighted by molar-refractivity contribution is 0.0994. The number of thiazole rings is 1. The Labute approximate surface area is 178 Å². The van der Waals surface area contributed by atoms with Gasteiger partial charge in [-0.3, -0.25) is 4.79 Å². The molecule has 30 heavy (non-hydrogen) atoms. The number of hydrogen-bond donors (Lipinski definition) is 0. The van der Waals surface area contributed by atoms with Crippen LogP contribution in [0.15, 0.2) is 77.8 Å². The van der Waals surface area contributed by atoms with Crippen molar-refractivity contribution in [3.63, 3.8) is 0 Å². The van der Waals surface area contributed by atoms with Gasteiger partial charge in [0, 0.05) is 7.05 Å². The molecule has 0 N–H and O–H groups in total. The lowest BCUT2D eigenvalue weighted by atomic mass is 10.0. The number of hydrogen-bond acceptors (Lipinski definition) is 2. The van der Waals surface area contributed by atoms with Crippen molar-refractivity contribution >= 4 is 17.2 Å². The van der Waals surface area contributed by atoms with Crippen molar-refractivity contribution in [1.29, 1.82) is 0 Å². The van der Waals surface area contributed by atoms with Crippen molar-refractivity contribution in [3.05, 3.63) is 100 Å². The average Bonchev–Trinajstić information content (AvgIpc) is 3.07. The Bertz CT molecular complexity index is 1300. The van der Waals surface area contributed by atoms with Crippen LogP contribution < -0.4 is 4.80 Å². The van der Waals surface area contributed by atoms with E-state index in [9.17, 15) is 9.18 Å². The van der Waals surface area contributed by atoms with Gasteiger partial charge in [-0.05, 0) is 54.3 Å². The Morgan fingerprint density at radius 3 is 2.30 bits per heavy atom. The van der Waals surface area contributed by atoms with Gasteiger partial charge in [-0.25, -0.2) is 4.39 Å². The van der Waals surface area contributed by atoms with Gasteiger partial charge in [0.15, 0.2) is 4.80 Å². The molecular formula is C25H21FN2OS.